The third kappa shape index (κ3) is 1.59. The molecule has 0 saturated carbocycles. The van der Waals surface area contributed by atoms with Crippen LogP contribution in [0.2, 0.25) is 0 Å². The molecule has 84 valence electrons. The lowest BCUT2D eigenvalue weighted by Gasteiger charge is -2.30. The van der Waals surface area contributed by atoms with Gasteiger partial charge in [-0.1, -0.05) is 13.0 Å². The smallest absolute Gasteiger partial charge is 0.244 e. The number of Topliss-reactive ketones (excluding diaryl/α,β-unsaturated/α-hetero) is 1. The monoisotopic (exact) mass is 210 g/mol. The predicted molar refractivity (Wildman–Crippen MR) is 58.0 cm³/mol. The Hall–Kier alpha value is -1.16. The van der Waals surface area contributed by atoms with Gasteiger partial charge < -0.3 is 10.6 Å². The number of amides is 1. The number of carbonyl (C=O) groups is 2. The van der Waals surface area contributed by atoms with Gasteiger partial charge in [-0.25, -0.2) is 0 Å². The average Bonchev–Trinajstić information content (AvgIpc) is 2.67. The molecule has 0 radical (unpaired) electrons. The van der Waals surface area contributed by atoms with E-state index >= 15 is 0 Å². The Morgan fingerprint density at radius 3 is 3.13 bits per heavy atom. The first-order valence-corrected chi connectivity index (χ1v) is 5.45. The number of hydrogen-bond acceptors (Lipinski definition) is 3. The molecule has 2 aliphatic heterocycles. The summed E-state index contributed by atoms with van der Waals surface area (Å²) in [6, 6.07) is -0.709. The molecule has 0 unspecified atom stereocenters. The maximum atomic E-state index is 11.8. The number of fused-ring (bicyclic) bond motifs is 1. The van der Waals surface area contributed by atoms with E-state index in [9.17, 15) is 9.59 Å². The third-order valence-electron chi connectivity index (χ3n) is 3.18. The highest BCUT2D eigenvalue weighted by Crippen LogP contribution is 2.32. The van der Waals surface area contributed by atoms with Crippen LogP contribution < -0.4 is 5.73 Å². The molecular weight excluding hydrogens is 192 g/mol. The number of nitrogens with zero attached hydrogens (tertiary/aromatic N) is 1. The number of allylic oxidation sites excluding steroid dienone is 1. The van der Waals surface area contributed by atoms with Crippen molar-refractivity contribution in [2.75, 3.05) is 0 Å². The van der Waals surface area contributed by atoms with Gasteiger partial charge in [-0.05, 0) is 19.3 Å². The summed E-state index contributed by atoms with van der Waals surface area (Å²) in [7, 11) is 0. The van der Waals surface area contributed by atoms with Gasteiger partial charge in [0.1, 0.15) is 0 Å². The van der Waals surface area contributed by atoms with Crippen molar-refractivity contribution in [1.29, 1.82) is 0 Å². The first-order chi connectivity index (χ1) is 7.15. The summed E-state index contributed by atoms with van der Waals surface area (Å²) in [6.45, 7) is 1.83. The largest absolute Gasteiger partial charge is 0.320 e. The van der Waals surface area contributed by atoms with Crippen LogP contribution >= 0.6 is 0 Å². The predicted octanol–water partition coefficient (Wildman–Crippen LogP) is 0.817. The molecule has 15 heavy (non-hydrogen) atoms. The number of nitrogens with two attached hydrogens (primary N) is 1. The highest BCUT2D eigenvalue weighted by Gasteiger charge is 2.40. The van der Waals surface area contributed by atoms with Crippen molar-refractivity contribution < 1.29 is 11.0 Å². The highest BCUT2D eigenvalue weighted by molar-refractivity contribution is 5.93. The highest BCUT2D eigenvalue weighted by atomic mass is 16.2. The van der Waals surface area contributed by atoms with E-state index < -0.39 is 6.04 Å². The summed E-state index contributed by atoms with van der Waals surface area (Å²) < 4.78 is 0. The van der Waals surface area contributed by atoms with Gasteiger partial charge in [0.2, 0.25) is 5.91 Å². The van der Waals surface area contributed by atoms with Crippen LogP contribution in [0.5, 0.6) is 0 Å². The van der Waals surface area contributed by atoms with Crippen LogP contribution in [0.3, 0.4) is 0 Å². The van der Waals surface area contributed by atoms with Gasteiger partial charge in [-0.15, -0.1) is 0 Å². The number of ketones is 1. The Labute approximate surface area is 90.6 Å². The SMILES string of the molecule is CCC(=O)[C@@H]1CCC2=CC[C@H](N)C(=O)N21.[HH]. The minimum absolute atomic E-state index is 0. The normalized spacial score (nSPS) is 30.1. The van der Waals surface area contributed by atoms with E-state index in [1.807, 2.05) is 13.0 Å². The van der Waals surface area contributed by atoms with Gasteiger partial charge >= 0.3 is 0 Å². The van der Waals surface area contributed by atoms with Gasteiger partial charge in [0.25, 0.3) is 0 Å². The van der Waals surface area contributed by atoms with Gasteiger partial charge in [-0.2, -0.15) is 0 Å². The topological polar surface area (TPSA) is 63.4 Å². The molecular formula is C11H18N2O2. The zero-order chi connectivity index (χ0) is 11.0. The van der Waals surface area contributed by atoms with E-state index in [0.29, 0.717) is 12.8 Å². The Kier molecular flexibility index (Phi) is 2.61. The quantitative estimate of drug-likeness (QED) is 0.733. The molecule has 2 atom stereocenters. The first-order valence-electron chi connectivity index (χ1n) is 5.45. The minimum atomic E-state index is -0.459. The number of carbonyl (C=O) groups excluding carboxylic acids is 2. The van der Waals surface area contributed by atoms with Gasteiger partial charge in [0.15, 0.2) is 5.78 Å². The van der Waals surface area contributed by atoms with Crippen molar-refractivity contribution in [3.05, 3.63) is 11.8 Å². The van der Waals surface area contributed by atoms with E-state index in [0.717, 1.165) is 18.5 Å². The van der Waals surface area contributed by atoms with Gasteiger partial charge in [-0.3, -0.25) is 9.59 Å². The van der Waals surface area contributed by atoms with Crippen molar-refractivity contribution >= 4 is 11.7 Å². The van der Waals surface area contributed by atoms with Crippen molar-refractivity contribution in [2.45, 2.75) is 44.7 Å². The van der Waals surface area contributed by atoms with Gasteiger partial charge in [0, 0.05) is 13.5 Å². The second kappa shape index (κ2) is 3.77. The Bertz CT molecular complexity index is 341. The van der Waals surface area contributed by atoms with Crippen LogP contribution in [0.15, 0.2) is 11.8 Å². The van der Waals surface area contributed by atoms with E-state index in [4.69, 9.17) is 5.73 Å². The van der Waals surface area contributed by atoms with Crippen LogP contribution in [-0.2, 0) is 9.59 Å². The maximum absolute atomic E-state index is 11.8. The molecule has 2 aliphatic rings. The van der Waals surface area contributed by atoms with Crippen molar-refractivity contribution in [1.82, 2.24) is 4.90 Å². The lowest BCUT2D eigenvalue weighted by atomic mass is 10.1. The standard InChI is InChI=1S/C11H16N2O2.H2/c1-2-10(14)9-6-4-7-3-5-8(12)11(15)13(7)9;/h3,8-9H,2,4-6,12H2,1H3;1H/t8-,9-;/m0./s1. The van der Waals surface area contributed by atoms with Crippen LogP contribution in [0.4, 0.5) is 0 Å². The molecule has 0 aromatic carbocycles. The Morgan fingerprint density at radius 1 is 1.73 bits per heavy atom. The van der Waals surface area contributed by atoms with Crippen molar-refractivity contribution in [3.8, 4) is 0 Å². The molecule has 0 aromatic rings. The van der Waals surface area contributed by atoms with E-state index in [1.165, 1.54) is 0 Å². The summed E-state index contributed by atoms with van der Waals surface area (Å²) in [4.78, 5) is 25.1. The summed E-state index contributed by atoms with van der Waals surface area (Å²) in [5, 5.41) is 0. The summed E-state index contributed by atoms with van der Waals surface area (Å²) in [6.07, 6.45) is 4.68. The summed E-state index contributed by atoms with van der Waals surface area (Å²) in [5.41, 5.74) is 6.68. The molecule has 0 spiro atoms. The fourth-order valence-electron chi connectivity index (χ4n) is 2.31. The zero-order valence-electron chi connectivity index (χ0n) is 8.90. The fraction of sp³-hybridized carbons (Fsp3) is 0.636. The molecule has 0 aliphatic carbocycles. The first kappa shape index (κ1) is 10.4. The second-order valence-corrected chi connectivity index (χ2v) is 4.12. The maximum Gasteiger partial charge on any atom is 0.244 e. The van der Waals surface area contributed by atoms with E-state index in [1.54, 1.807) is 4.90 Å². The third-order valence-corrected chi connectivity index (χ3v) is 3.18. The zero-order valence-corrected chi connectivity index (χ0v) is 8.90. The molecule has 1 amide bonds. The molecule has 2 heterocycles. The molecule has 1 saturated heterocycles. The van der Waals surface area contributed by atoms with Crippen LogP contribution in [0.1, 0.15) is 34.0 Å². The lowest BCUT2D eigenvalue weighted by molar-refractivity contribution is -0.137. The fourth-order valence-corrected chi connectivity index (χ4v) is 2.31. The van der Waals surface area contributed by atoms with Crippen LogP contribution in [-0.4, -0.2) is 28.7 Å². The van der Waals surface area contributed by atoms with Gasteiger partial charge in [0.05, 0.1) is 12.1 Å². The van der Waals surface area contributed by atoms with E-state index in [2.05, 4.69) is 0 Å². The molecule has 0 bridgehead atoms. The minimum Gasteiger partial charge on any atom is -0.320 e. The number of rotatable bonds is 2. The molecule has 1 fully saturated rings. The second-order valence-electron chi connectivity index (χ2n) is 4.12. The lowest BCUT2D eigenvalue weighted by Crippen LogP contribution is -2.49. The Balaban J connectivity index is 0.00000128. The van der Waals surface area contributed by atoms with Crippen molar-refractivity contribution in [2.24, 2.45) is 5.73 Å². The summed E-state index contributed by atoms with van der Waals surface area (Å²) in [5.74, 6) is 0.0534. The summed E-state index contributed by atoms with van der Waals surface area (Å²) >= 11 is 0. The Morgan fingerprint density at radius 2 is 2.47 bits per heavy atom. The molecule has 0 aromatic heterocycles. The molecule has 2 rings (SSSR count). The number of hydrogen-bond donors (Lipinski definition) is 1. The van der Waals surface area contributed by atoms with Crippen LogP contribution in [0, 0.1) is 0 Å². The van der Waals surface area contributed by atoms with Crippen molar-refractivity contribution in [3.63, 3.8) is 0 Å². The van der Waals surface area contributed by atoms with E-state index in [-0.39, 0.29) is 19.2 Å². The molecule has 2 N–H and O–H groups in total. The molecule has 4 nitrogen and oxygen atoms in total. The average molecular weight is 210 g/mol. The van der Waals surface area contributed by atoms with Crippen LogP contribution in [0.25, 0.3) is 0 Å². The molecule has 4 heteroatoms.